The van der Waals surface area contributed by atoms with Crippen LogP contribution in [0.2, 0.25) is 0 Å². The van der Waals surface area contributed by atoms with Gasteiger partial charge in [0.05, 0.1) is 28.4 Å². The summed E-state index contributed by atoms with van der Waals surface area (Å²) in [5.74, 6) is -1.36. The first-order valence-electron chi connectivity index (χ1n) is 10.2. The van der Waals surface area contributed by atoms with E-state index in [1.807, 2.05) is 13.8 Å². The van der Waals surface area contributed by atoms with Crippen molar-refractivity contribution >= 4 is 33.3 Å². The van der Waals surface area contributed by atoms with Crippen LogP contribution in [-0.2, 0) is 14.8 Å². The van der Waals surface area contributed by atoms with Crippen molar-refractivity contribution < 1.29 is 27.9 Å². The number of carbonyl (C=O) groups is 2. The van der Waals surface area contributed by atoms with Crippen LogP contribution in [0.4, 0.5) is 11.4 Å². The normalized spacial score (nSPS) is 11.0. The number of nitrogens with one attached hydrogen (secondary N) is 1. The summed E-state index contributed by atoms with van der Waals surface area (Å²) < 4.78 is 33.3. The molecule has 8 nitrogen and oxygen atoms in total. The van der Waals surface area contributed by atoms with Gasteiger partial charge in [0.1, 0.15) is 12.3 Å². The molecule has 9 heteroatoms. The van der Waals surface area contributed by atoms with E-state index in [2.05, 4.69) is 5.32 Å². The van der Waals surface area contributed by atoms with E-state index in [4.69, 9.17) is 4.74 Å². The van der Waals surface area contributed by atoms with Crippen LogP contribution in [0, 0.1) is 6.92 Å². The Balaban J connectivity index is 1.94. The number of ether oxygens (including phenoxy) is 1. The SMILES string of the molecule is CCOc1ccc(S(=O)(=O)N(CC(=O)Nc2ccccc2C(=O)O)c2ccc(C)cc2)cc1. The number of carboxylic acid groups (broad SMARTS) is 1. The molecule has 172 valence electrons. The summed E-state index contributed by atoms with van der Waals surface area (Å²) in [6.07, 6.45) is 0. The Morgan fingerprint density at radius 1 is 0.970 bits per heavy atom. The lowest BCUT2D eigenvalue weighted by atomic mass is 10.2. The largest absolute Gasteiger partial charge is 0.494 e. The number of anilines is 2. The Labute approximate surface area is 192 Å². The van der Waals surface area contributed by atoms with Crippen molar-refractivity contribution in [3.8, 4) is 5.75 Å². The fourth-order valence-corrected chi connectivity index (χ4v) is 4.55. The van der Waals surface area contributed by atoms with Crippen LogP contribution in [0.1, 0.15) is 22.8 Å². The number of carbonyl (C=O) groups excluding carboxylic acids is 1. The molecule has 0 fully saturated rings. The van der Waals surface area contributed by atoms with Crippen LogP contribution in [0.15, 0.2) is 77.7 Å². The molecule has 0 unspecified atom stereocenters. The maximum Gasteiger partial charge on any atom is 0.337 e. The Hall–Kier alpha value is -3.85. The van der Waals surface area contributed by atoms with Crippen molar-refractivity contribution in [3.63, 3.8) is 0 Å². The van der Waals surface area contributed by atoms with E-state index in [0.29, 0.717) is 18.0 Å². The zero-order valence-electron chi connectivity index (χ0n) is 18.2. The topological polar surface area (TPSA) is 113 Å². The molecule has 0 saturated heterocycles. The van der Waals surface area contributed by atoms with Gasteiger partial charge in [0.25, 0.3) is 10.0 Å². The summed E-state index contributed by atoms with van der Waals surface area (Å²) >= 11 is 0. The van der Waals surface area contributed by atoms with Crippen LogP contribution in [-0.4, -0.2) is 38.6 Å². The first kappa shape index (κ1) is 23.8. The standard InChI is InChI=1S/C24H24N2O6S/c1-3-32-19-12-14-20(15-13-19)33(30,31)26(18-10-8-17(2)9-11-18)16-23(27)25-22-7-5-4-6-21(22)24(28)29/h4-15H,3,16H2,1-2H3,(H,25,27)(H,28,29). The first-order valence-corrected chi connectivity index (χ1v) is 11.6. The second-order valence-electron chi connectivity index (χ2n) is 7.15. The maximum absolute atomic E-state index is 13.5. The average Bonchev–Trinajstić information content (AvgIpc) is 2.79. The summed E-state index contributed by atoms with van der Waals surface area (Å²) in [7, 11) is -4.11. The summed E-state index contributed by atoms with van der Waals surface area (Å²) in [4.78, 5) is 24.2. The summed E-state index contributed by atoms with van der Waals surface area (Å²) in [5, 5.41) is 11.8. The van der Waals surface area contributed by atoms with Gasteiger partial charge in [0.15, 0.2) is 0 Å². The smallest absolute Gasteiger partial charge is 0.337 e. The lowest BCUT2D eigenvalue weighted by molar-refractivity contribution is -0.114. The molecule has 3 aromatic rings. The highest BCUT2D eigenvalue weighted by atomic mass is 32.2. The Bertz CT molecular complexity index is 1240. The van der Waals surface area contributed by atoms with Gasteiger partial charge < -0.3 is 15.2 Å². The molecule has 0 heterocycles. The molecule has 1 amide bonds. The molecule has 0 saturated carbocycles. The Kier molecular flexibility index (Phi) is 7.34. The van der Waals surface area contributed by atoms with E-state index < -0.39 is 28.4 Å². The minimum atomic E-state index is -4.11. The molecular weight excluding hydrogens is 444 g/mol. The van der Waals surface area contributed by atoms with E-state index in [-0.39, 0.29) is 16.1 Å². The third-order valence-corrected chi connectivity index (χ3v) is 6.55. The third kappa shape index (κ3) is 5.69. The highest BCUT2D eigenvalue weighted by molar-refractivity contribution is 7.92. The lowest BCUT2D eigenvalue weighted by Gasteiger charge is -2.24. The molecule has 0 bridgehead atoms. The molecule has 2 N–H and O–H groups in total. The van der Waals surface area contributed by atoms with Gasteiger partial charge in [-0.05, 0) is 62.4 Å². The van der Waals surface area contributed by atoms with Crippen LogP contribution >= 0.6 is 0 Å². The molecule has 3 rings (SSSR count). The number of hydrogen-bond donors (Lipinski definition) is 2. The molecule has 0 aliphatic carbocycles. The molecule has 0 aromatic heterocycles. The van der Waals surface area contributed by atoms with E-state index in [0.717, 1.165) is 9.87 Å². The van der Waals surface area contributed by atoms with E-state index in [9.17, 15) is 23.1 Å². The van der Waals surface area contributed by atoms with Crippen molar-refractivity contribution in [2.45, 2.75) is 18.7 Å². The minimum Gasteiger partial charge on any atom is -0.494 e. The summed E-state index contributed by atoms with van der Waals surface area (Å²) in [5.41, 5.74) is 1.22. The van der Waals surface area contributed by atoms with Crippen LogP contribution in [0.25, 0.3) is 0 Å². The number of carboxylic acids is 1. The molecule has 0 spiro atoms. The number of rotatable bonds is 9. The molecule has 0 aliphatic heterocycles. The second-order valence-corrected chi connectivity index (χ2v) is 9.01. The molecule has 3 aromatic carbocycles. The van der Waals surface area contributed by atoms with E-state index in [1.165, 1.54) is 30.3 Å². The highest BCUT2D eigenvalue weighted by Crippen LogP contribution is 2.26. The number of amides is 1. The first-order chi connectivity index (χ1) is 15.7. The number of sulfonamides is 1. The highest BCUT2D eigenvalue weighted by Gasteiger charge is 2.27. The van der Waals surface area contributed by atoms with Gasteiger partial charge in [-0.3, -0.25) is 9.10 Å². The quantitative estimate of drug-likeness (QED) is 0.492. The number of benzene rings is 3. The molecular formula is C24H24N2O6S. The van der Waals surface area contributed by atoms with Crippen molar-refractivity contribution in [1.29, 1.82) is 0 Å². The second kappa shape index (κ2) is 10.2. The minimum absolute atomic E-state index is 0.00901. The van der Waals surface area contributed by atoms with Gasteiger partial charge in [0.2, 0.25) is 5.91 Å². The van der Waals surface area contributed by atoms with Crippen molar-refractivity contribution in [1.82, 2.24) is 0 Å². The zero-order valence-corrected chi connectivity index (χ0v) is 19.0. The summed E-state index contributed by atoms with van der Waals surface area (Å²) in [6, 6.07) is 18.6. The van der Waals surface area contributed by atoms with Gasteiger partial charge in [-0.1, -0.05) is 29.8 Å². The van der Waals surface area contributed by atoms with E-state index >= 15 is 0 Å². The van der Waals surface area contributed by atoms with Crippen molar-refractivity contribution in [2.24, 2.45) is 0 Å². The predicted octanol–water partition coefficient (Wildman–Crippen LogP) is 3.93. The van der Waals surface area contributed by atoms with Gasteiger partial charge >= 0.3 is 5.97 Å². The zero-order chi connectivity index (χ0) is 24.0. The number of nitrogens with zero attached hydrogens (tertiary/aromatic N) is 1. The van der Waals surface area contributed by atoms with Crippen LogP contribution < -0.4 is 14.4 Å². The Morgan fingerprint density at radius 3 is 2.21 bits per heavy atom. The molecule has 0 radical (unpaired) electrons. The van der Waals surface area contributed by atoms with Crippen molar-refractivity contribution in [2.75, 3.05) is 22.8 Å². The predicted molar refractivity (Wildman–Crippen MR) is 125 cm³/mol. The Morgan fingerprint density at radius 2 is 1.61 bits per heavy atom. The van der Waals surface area contributed by atoms with Gasteiger partial charge in [-0.25, -0.2) is 13.2 Å². The fraction of sp³-hybridized carbons (Fsp3) is 0.167. The van der Waals surface area contributed by atoms with Gasteiger partial charge in [0, 0.05) is 0 Å². The van der Waals surface area contributed by atoms with Gasteiger partial charge in [-0.15, -0.1) is 0 Å². The fourth-order valence-electron chi connectivity index (χ4n) is 3.13. The lowest BCUT2D eigenvalue weighted by Crippen LogP contribution is -2.38. The number of para-hydroxylation sites is 1. The van der Waals surface area contributed by atoms with E-state index in [1.54, 1.807) is 42.5 Å². The third-order valence-electron chi connectivity index (χ3n) is 4.76. The van der Waals surface area contributed by atoms with Crippen LogP contribution in [0.5, 0.6) is 5.75 Å². The monoisotopic (exact) mass is 468 g/mol. The molecule has 33 heavy (non-hydrogen) atoms. The molecule has 0 atom stereocenters. The summed E-state index contributed by atoms with van der Waals surface area (Å²) in [6.45, 7) is 3.58. The van der Waals surface area contributed by atoms with Crippen molar-refractivity contribution in [3.05, 3.63) is 83.9 Å². The maximum atomic E-state index is 13.5. The van der Waals surface area contributed by atoms with Crippen LogP contribution in [0.3, 0.4) is 0 Å². The van der Waals surface area contributed by atoms with Gasteiger partial charge in [-0.2, -0.15) is 0 Å². The average molecular weight is 469 g/mol. The number of hydrogen-bond acceptors (Lipinski definition) is 5. The number of aryl methyl sites for hydroxylation is 1. The number of aromatic carboxylic acids is 1. The molecule has 0 aliphatic rings.